The lowest BCUT2D eigenvalue weighted by atomic mass is 10.1. The quantitative estimate of drug-likeness (QED) is 0.834. The summed E-state index contributed by atoms with van der Waals surface area (Å²) in [5, 5.41) is 3.05. The molecule has 0 spiro atoms. The van der Waals surface area contributed by atoms with Gasteiger partial charge in [0.25, 0.3) is 0 Å². The number of thiazole rings is 1. The van der Waals surface area contributed by atoms with Gasteiger partial charge in [-0.1, -0.05) is 13.3 Å². The van der Waals surface area contributed by atoms with Gasteiger partial charge in [0.05, 0.1) is 6.42 Å². The van der Waals surface area contributed by atoms with Crippen molar-refractivity contribution in [3.63, 3.8) is 0 Å². The second kappa shape index (κ2) is 5.97. The molecule has 5 heteroatoms. The minimum absolute atomic E-state index is 0.114. The Hall–Kier alpha value is -0.680. The molecule has 18 heavy (non-hydrogen) atoms. The van der Waals surface area contributed by atoms with Gasteiger partial charge in [-0.15, -0.1) is 11.3 Å². The molecule has 1 aromatic rings. The van der Waals surface area contributed by atoms with Gasteiger partial charge in [0, 0.05) is 17.1 Å². The predicted octanol–water partition coefficient (Wildman–Crippen LogP) is 3.21. The van der Waals surface area contributed by atoms with Crippen molar-refractivity contribution in [1.29, 1.82) is 0 Å². The van der Waals surface area contributed by atoms with E-state index in [4.69, 9.17) is 12.2 Å². The lowest BCUT2D eigenvalue weighted by Gasteiger charge is -2.10. The van der Waals surface area contributed by atoms with Crippen LogP contribution in [0.2, 0.25) is 0 Å². The smallest absolute Gasteiger partial charge is 0.225 e. The summed E-state index contributed by atoms with van der Waals surface area (Å²) in [6.07, 6.45) is 4.26. The molecule has 3 nitrogen and oxygen atoms in total. The van der Waals surface area contributed by atoms with Crippen LogP contribution in [0, 0.1) is 22.7 Å². The largest absolute Gasteiger partial charge is 0.356 e. The van der Waals surface area contributed by atoms with Crippen molar-refractivity contribution in [3.8, 4) is 0 Å². The fourth-order valence-electron chi connectivity index (χ4n) is 2.58. The first-order valence-electron chi connectivity index (χ1n) is 6.50. The number of carbonyl (C=O) groups excluding carboxylic acids is 1. The molecule has 1 heterocycles. The molecule has 2 unspecified atom stereocenters. The van der Waals surface area contributed by atoms with Gasteiger partial charge in [0.1, 0.15) is 0 Å². The molecular formula is C13H20N2OS2. The van der Waals surface area contributed by atoms with E-state index in [0.717, 1.165) is 27.0 Å². The number of amides is 1. The number of carbonyl (C=O) groups is 1. The molecule has 0 saturated heterocycles. The third kappa shape index (κ3) is 3.65. The fourth-order valence-corrected chi connectivity index (χ4v) is 3.87. The van der Waals surface area contributed by atoms with E-state index in [-0.39, 0.29) is 5.91 Å². The molecule has 0 radical (unpaired) electrons. The highest BCUT2D eigenvalue weighted by Crippen LogP contribution is 2.29. The van der Waals surface area contributed by atoms with Crippen molar-refractivity contribution < 1.29 is 4.79 Å². The van der Waals surface area contributed by atoms with Crippen molar-refractivity contribution in [1.82, 2.24) is 10.3 Å². The zero-order chi connectivity index (χ0) is 13.1. The summed E-state index contributed by atoms with van der Waals surface area (Å²) in [4.78, 5) is 16.0. The third-order valence-corrected chi connectivity index (χ3v) is 4.97. The van der Waals surface area contributed by atoms with Crippen molar-refractivity contribution in [2.24, 2.45) is 11.8 Å². The Kier molecular flexibility index (Phi) is 4.56. The van der Waals surface area contributed by atoms with E-state index >= 15 is 0 Å². The molecule has 2 N–H and O–H groups in total. The molecule has 0 aliphatic heterocycles. The second-order valence-electron chi connectivity index (χ2n) is 5.33. The molecule has 1 fully saturated rings. The Bertz CT molecular complexity index is 478. The summed E-state index contributed by atoms with van der Waals surface area (Å²) < 4.78 is 0.750. The number of hydrogen-bond donors (Lipinski definition) is 2. The molecular weight excluding hydrogens is 264 g/mol. The van der Waals surface area contributed by atoms with Crippen LogP contribution in [0.1, 0.15) is 36.8 Å². The van der Waals surface area contributed by atoms with Crippen LogP contribution in [0.4, 0.5) is 0 Å². The van der Waals surface area contributed by atoms with Gasteiger partial charge in [-0.05, 0) is 43.8 Å². The van der Waals surface area contributed by atoms with Crippen LogP contribution in [-0.2, 0) is 11.2 Å². The van der Waals surface area contributed by atoms with E-state index < -0.39 is 0 Å². The Morgan fingerprint density at radius 1 is 1.56 bits per heavy atom. The van der Waals surface area contributed by atoms with Gasteiger partial charge < -0.3 is 10.3 Å². The summed E-state index contributed by atoms with van der Waals surface area (Å²) in [5.74, 6) is 1.61. The van der Waals surface area contributed by atoms with Crippen LogP contribution in [0.3, 0.4) is 0 Å². The number of hydrogen-bond acceptors (Lipinski definition) is 3. The molecule has 2 rings (SSSR count). The van der Waals surface area contributed by atoms with Crippen molar-refractivity contribution in [2.75, 3.05) is 6.54 Å². The van der Waals surface area contributed by atoms with Crippen LogP contribution in [0.25, 0.3) is 0 Å². The van der Waals surface area contributed by atoms with E-state index in [1.54, 1.807) is 0 Å². The summed E-state index contributed by atoms with van der Waals surface area (Å²) in [6, 6.07) is 0. The predicted molar refractivity (Wildman–Crippen MR) is 77.5 cm³/mol. The first-order valence-corrected chi connectivity index (χ1v) is 7.72. The van der Waals surface area contributed by atoms with E-state index in [1.807, 2.05) is 6.92 Å². The minimum Gasteiger partial charge on any atom is -0.356 e. The van der Waals surface area contributed by atoms with E-state index in [2.05, 4.69) is 17.2 Å². The molecule has 0 aromatic carbocycles. The van der Waals surface area contributed by atoms with Crippen LogP contribution in [0.5, 0.6) is 0 Å². The van der Waals surface area contributed by atoms with Crippen molar-refractivity contribution >= 4 is 29.5 Å². The fraction of sp³-hybridized carbons (Fsp3) is 0.692. The van der Waals surface area contributed by atoms with Gasteiger partial charge in [-0.25, -0.2) is 0 Å². The number of nitrogens with one attached hydrogen (secondary N) is 2. The molecule has 1 amide bonds. The summed E-state index contributed by atoms with van der Waals surface area (Å²) in [7, 11) is 0. The molecule has 1 aliphatic rings. The first-order chi connectivity index (χ1) is 8.54. The van der Waals surface area contributed by atoms with E-state index in [1.165, 1.54) is 30.6 Å². The summed E-state index contributed by atoms with van der Waals surface area (Å²) >= 11 is 6.57. The highest BCUT2D eigenvalue weighted by molar-refractivity contribution is 7.73. The van der Waals surface area contributed by atoms with E-state index in [9.17, 15) is 4.79 Å². The average molecular weight is 284 g/mol. The maximum atomic E-state index is 11.9. The van der Waals surface area contributed by atoms with Gasteiger partial charge in [-0.3, -0.25) is 4.79 Å². The standard InChI is InChI=1S/C13H20N2OS2/c1-8-3-4-10(5-8)7-14-12(16)6-11-9(2)15-13(17)18-11/h8,10H,3-7H2,1-2H3,(H,14,16)(H,15,17). The molecule has 0 bridgehead atoms. The average Bonchev–Trinajstić information content (AvgIpc) is 2.83. The van der Waals surface area contributed by atoms with Crippen molar-refractivity contribution in [3.05, 3.63) is 14.5 Å². The normalized spacial score (nSPS) is 23.2. The number of rotatable bonds is 4. The number of aryl methyl sites for hydroxylation is 1. The topological polar surface area (TPSA) is 44.9 Å². The maximum Gasteiger partial charge on any atom is 0.225 e. The van der Waals surface area contributed by atoms with Gasteiger partial charge in [0.15, 0.2) is 3.95 Å². The monoisotopic (exact) mass is 284 g/mol. The Balaban J connectivity index is 1.79. The molecule has 1 saturated carbocycles. The third-order valence-electron chi connectivity index (χ3n) is 3.64. The first kappa shape index (κ1) is 13.7. The lowest BCUT2D eigenvalue weighted by molar-refractivity contribution is -0.120. The lowest BCUT2D eigenvalue weighted by Crippen LogP contribution is -2.29. The van der Waals surface area contributed by atoms with E-state index in [0.29, 0.717) is 12.3 Å². The minimum atomic E-state index is 0.114. The Labute approximate surface area is 117 Å². The molecule has 2 atom stereocenters. The van der Waals surface area contributed by atoms with Gasteiger partial charge in [-0.2, -0.15) is 0 Å². The van der Waals surface area contributed by atoms with Crippen molar-refractivity contribution in [2.45, 2.75) is 39.5 Å². The zero-order valence-electron chi connectivity index (χ0n) is 10.9. The van der Waals surface area contributed by atoms with Crippen LogP contribution in [0.15, 0.2) is 0 Å². The molecule has 100 valence electrons. The SMILES string of the molecule is Cc1[nH]c(=S)sc1CC(=O)NCC1CCC(C)C1. The number of H-pyrrole nitrogens is 1. The summed E-state index contributed by atoms with van der Waals surface area (Å²) in [5.41, 5.74) is 1.02. The molecule has 1 aliphatic carbocycles. The second-order valence-corrected chi connectivity index (χ2v) is 7.10. The number of aromatic amines is 1. The highest BCUT2D eigenvalue weighted by atomic mass is 32.1. The Morgan fingerprint density at radius 3 is 2.89 bits per heavy atom. The summed E-state index contributed by atoms with van der Waals surface area (Å²) in [6.45, 7) is 5.09. The maximum absolute atomic E-state index is 11.9. The zero-order valence-corrected chi connectivity index (χ0v) is 12.5. The van der Waals surface area contributed by atoms with Crippen LogP contribution < -0.4 is 5.32 Å². The highest BCUT2D eigenvalue weighted by Gasteiger charge is 2.21. The van der Waals surface area contributed by atoms with Crippen LogP contribution in [-0.4, -0.2) is 17.4 Å². The molecule has 1 aromatic heterocycles. The van der Waals surface area contributed by atoms with Crippen LogP contribution >= 0.6 is 23.6 Å². The number of aromatic nitrogens is 1. The Morgan fingerprint density at radius 2 is 2.33 bits per heavy atom. The van der Waals surface area contributed by atoms with Gasteiger partial charge in [0.2, 0.25) is 5.91 Å². The van der Waals surface area contributed by atoms with Gasteiger partial charge >= 0.3 is 0 Å².